The molecule has 2 rings (SSSR count). The van der Waals surface area contributed by atoms with Crippen molar-refractivity contribution in [2.24, 2.45) is 5.92 Å². The minimum absolute atomic E-state index is 0.117. The van der Waals surface area contributed by atoms with Crippen molar-refractivity contribution in [3.8, 4) is 0 Å². The zero-order chi connectivity index (χ0) is 14.3. The Hall–Kier alpha value is 0.0300. The summed E-state index contributed by atoms with van der Waals surface area (Å²) < 4.78 is 17.7. The zero-order valence-corrected chi connectivity index (χ0v) is 13.7. The van der Waals surface area contributed by atoms with Crippen molar-refractivity contribution in [2.45, 2.75) is 44.9 Å². The van der Waals surface area contributed by atoms with Gasteiger partial charge in [0.05, 0.1) is 11.2 Å². The highest BCUT2D eigenvalue weighted by atomic mass is 32.2. The van der Waals surface area contributed by atoms with Crippen LogP contribution in [0.3, 0.4) is 0 Å². The van der Waals surface area contributed by atoms with Crippen LogP contribution >= 0.6 is 0 Å². The Kier molecular flexibility index (Phi) is 4.41. The molecule has 0 aromatic carbocycles. The number of nitrogens with zero attached hydrogens (tertiary/aromatic N) is 1. The van der Waals surface area contributed by atoms with E-state index in [0.717, 1.165) is 31.1 Å². The van der Waals surface area contributed by atoms with Crippen LogP contribution in [0.5, 0.6) is 0 Å². The van der Waals surface area contributed by atoms with E-state index in [1.165, 1.54) is 0 Å². The number of hydrogen-bond acceptors (Lipinski definition) is 4. The molecule has 0 aromatic rings. The van der Waals surface area contributed by atoms with Crippen LogP contribution in [0.15, 0.2) is 0 Å². The molecule has 0 saturated carbocycles. The van der Waals surface area contributed by atoms with E-state index >= 15 is 0 Å². The largest absolute Gasteiger partial charge is 0.368 e. The Morgan fingerprint density at radius 2 is 1.79 bits per heavy atom. The van der Waals surface area contributed by atoms with Gasteiger partial charge in [0.1, 0.15) is 0 Å². The first-order valence-electron chi connectivity index (χ1n) is 7.21. The monoisotopic (exact) mass is 288 g/mol. The Balaban J connectivity index is 2.06. The lowest BCUT2D eigenvalue weighted by molar-refractivity contribution is -0.0792. The van der Waals surface area contributed by atoms with Gasteiger partial charge in [-0.15, -0.1) is 0 Å². The van der Waals surface area contributed by atoms with Gasteiger partial charge in [-0.25, -0.2) is 0 Å². The van der Waals surface area contributed by atoms with E-state index in [1.54, 1.807) is 0 Å². The second kappa shape index (κ2) is 5.43. The fourth-order valence-corrected chi connectivity index (χ4v) is 4.84. The average Bonchev–Trinajstić information content (AvgIpc) is 2.46. The predicted octanol–water partition coefficient (Wildman–Crippen LogP) is 0.842. The zero-order valence-electron chi connectivity index (χ0n) is 12.9. The molecule has 2 aliphatic rings. The summed E-state index contributed by atoms with van der Waals surface area (Å²) >= 11 is 0. The van der Waals surface area contributed by atoms with E-state index in [-0.39, 0.29) is 11.2 Å². The minimum atomic E-state index is -0.598. The molecule has 19 heavy (non-hydrogen) atoms. The van der Waals surface area contributed by atoms with Crippen LogP contribution in [-0.4, -0.2) is 64.5 Å². The maximum Gasteiger partial charge on any atom is 0.0790 e. The summed E-state index contributed by atoms with van der Waals surface area (Å²) in [6, 6.07) is 0.356. The Morgan fingerprint density at radius 1 is 1.21 bits per heavy atom. The lowest BCUT2D eigenvalue weighted by Gasteiger charge is -2.35. The molecule has 4 nitrogen and oxygen atoms in total. The van der Waals surface area contributed by atoms with Crippen LogP contribution in [0.4, 0.5) is 0 Å². The molecule has 1 N–H and O–H groups in total. The van der Waals surface area contributed by atoms with Gasteiger partial charge in [0.15, 0.2) is 0 Å². The third-order valence-electron chi connectivity index (χ3n) is 4.61. The van der Waals surface area contributed by atoms with Gasteiger partial charge in [-0.3, -0.25) is 4.21 Å². The van der Waals surface area contributed by atoms with Gasteiger partial charge in [0.2, 0.25) is 0 Å². The molecule has 0 aromatic heterocycles. The lowest BCUT2D eigenvalue weighted by Crippen LogP contribution is -2.51. The molecular formula is C14H28N2O2S. The molecule has 2 heterocycles. The molecule has 2 aliphatic heterocycles. The summed E-state index contributed by atoms with van der Waals surface area (Å²) in [7, 11) is 1.43. The Bertz CT molecular complexity index is 347. The van der Waals surface area contributed by atoms with Gasteiger partial charge < -0.3 is 15.0 Å². The van der Waals surface area contributed by atoms with Crippen LogP contribution in [0.2, 0.25) is 0 Å². The average molecular weight is 288 g/mol. The Labute approximate surface area is 119 Å². The summed E-state index contributed by atoms with van der Waals surface area (Å²) in [6.45, 7) is 11.7. The normalized spacial score (nSPS) is 35.6. The molecule has 2 saturated heterocycles. The number of rotatable bonds is 3. The lowest BCUT2D eigenvalue weighted by atomic mass is 9.82. The molecule has 0 amide bonds. The number of nitrogens with one attached hydrogen (secondary N) is 1. The van der Waals surface area contributed by atoms with Gasteiger partial charge in [-0.05, 0) is 34.7 Å². The van der Waals surface area contributed by atoms with E-state index in [1.807, 2.05) is 7.05 Å². The van der Waals surface area contributed by atoms with Crippen molar-refractivity contribution in [1.82, 2.24) is 10.2 Å². The molecule has 2 unspecified atom stereocenters. The van der Waals surface area contributed by atoms with E-state index < -0.39 is 10.8 Å². The molecule has 2 atom stereocenters. The Morgan fingerprint density at radius 3 is 2.32 bits per heavy atom. The van der Waals surface area contributed by atoms with Crippen molar-refractivity contribution in [3.05, 3.63) is 0 Å². The SMILES string of the molecule is CNC1C(CN2CCS(=O)CC2)C(C)(C)OC1(C)C. The van der Waals surface area contributed by atoms with E-state index in [9.17, 15) is 4.21 Å². The highest BCUT2D eigenvalue weighted by molar-refractivity contribution is 7.85. The molecule has 2 fully saturated rings. The molecule has 0 radical (unpaired) electrons. The van der Waals surface area contributed by atoms with E-state index in [4.69, 9.17) is 4.74 Å². The smallest absolute Gasteiger partial charge is 0.0790 e. The van der Waals surface area contributed by atoms with Crippen molar-refractivity contribution < 1.29 is 8.95 Å². The molecule has 0 bridgehead atoms. The third kappa shape index (κ3) is 3.20. The number of likely N-dealkylation sites (N-methyl/N-ethyl adjacent to an activating group) is 1. The quantitative estimate of drug-likeness (QED) is 0.836. The second-order valence-electron chi connectivity index (χ2n) is 6.83. The highest BCUT2D eigenvalue weighted by Crippen LogP contribution is 2.42. The van der Waals surface area contributed by atoms with Crippen molar-refractivity contribution >= 4 is 10.8 Å². The number of hydrogen-bond donors (Lipinski definition) is 1. The second-order valence-corrected chi connectivity index (χ2v) is 8.53. The summed E-state index contributed by atoms with van der Waals surface area (Å²) in [4.78, 5) is 2.45. The van der Waals surface area contributed by atoms with Crippen molar-refractivity contribution in [3.63, 3.8) is 0 Å². The van der Waals surface area contributed by atoms with Gasteiger partial charge in [0, 0.05) is 53.9 Å². The van der Waals surface area contributed by atoms with Crippen LogP contribution in [-0.2, 0) is 15.5 Å². The molecule has 0 aliphatic carbocycles. The summed E-state index contributed by atoms with van der Waals surface area (Å²) in [6.07, 6.45) is 0. The topological polar surface area (TPSA) is 41.6 Å². The third-order valence-corrected chi connectivity index (χ3v) is 5.88. The molecule has 112 valence electrons. The summed E-state index contributed by atoms with van der Waals surface area (Å²) in [5, 5.41) is 3.45. The van der Waals surface area contributed by atoms with Crippen LogP contribution in [0.25, 0.3) is 0 Å². The number of ether oxygens (including phenoxy) is 1. The van der Waals surface area contributed by atoms with Gasteiger partial charge in [-0.2, -0.15) is 0 Å². The summed E-state index contributed by atoms with van der Waals surface area (Å²) in [5.41, 5.74) is -0.255. The van der Waals surface area contributed by atoms with Crippen molar-refractivity contribution in [1.29, 1.82) is 0 Å². The van der Waals surface area contributed by atoms with Gasteiger partial charge >= 0.3 is 0 Å². The maximum absolute atomic E-state index is 11.4. The minimum Gasteiger partial charge on any atom is -0.368 e. The standard InChI is InChI=1S/C14H28N2O2S/c1-13(2)11(12(15-5)14(3,4)18-13)10-16-6-8-19(17)9-7-16/h11-12,15H,6-10H2,1-5H3. The fraction of sp³-hybridized carbons (Fsp3) is 1.00. The highest BCUT2D eigenvalue weighted by Gasteiger charge is 2.53. The van der Waals surface area contributed by atoms with Crippen molar-refractivity contribution in [2.75, 3.05) is 38.2 Å². The van der Waals surface area contributed by atoms with Crippen LogP contribution < -0.4 is 5.32 Å². The summed E-state index contributed by atoms with van der Waals surface area (Å²) in [5.74, 6) is 2.10. The first-order valence-corrected chi connectivity index (χ1v) is 8.70. The van der Waals surface area contributed by atoms with Gasteiger partial charge in [0.25, 0.3) is 0 Å². The molecule has 0 spiro atoms. The van der Waals surface area contributed by atoms with Crippen LogP contribution in [0, 0.1) is 5.92 Å². The molecule has 5 heteroatoms. The fourth-order valence-electron chi connectivity index (χ4n) is 3.71. The predicted molar refractivity (Wildman–Crippen MR) is 79.9 cm³/mol. The first-order chi connectivity index (χ1) is 8.76. The van der Waals surface area contributed by atoms with Crippen LogP contribution in [0.1, 0.15) is 27.7 Å². The maximum atomic E-state index is 11.4. The van der Waals surface area contributed by atoms with E-state index in [2.05, 4.69) is 37.9 Å². The van der Waals surface area contributed by atoms with E-state index in [0.29, 0.717) is 12.0 Å². The molecular weight excluding hydrogens is 260 g/mol. The first kappa shape index (κ1) is 15.4. The van der Waals surface area contributed by atoms with Gasteiger partial charge in [-0.1, -0.05) is 0 Å².